The Morgan fingerprint density at radius 1 is 1.31 bits per heavy atom. The fourth-order valence-corrected chi connectivity index (χ4v) is 1.70. The molecule has 1 aliphatic heterocycles. The number of nitrogens with one attached hydrogen (secondary N) is 1. The summed E-state index contributed by atoms with van der Waals surface area (Å²) in [5.74, 6) is -0.499. The first-order valence-electron chi connectivity index (χ1n) is 5.44. The molecule has 0 bridgehead atoms. The SMILES string of the molecule is CNC(CN1C(=O)COCC1=O)C(C)(C)C. The molecule has 92 valence electrons. The predicted octanol–water partition coefficient (Wildman–Crippen LogP) is 0.00590. The Kier molecular flexibility index (Phi) is 4.04. The quantitative estimate of drug-likeness (QED) is 0.691. The Morgan fingerprint density at radius 3 is 2.19 bits per heavy atom. The van der Waals surface area contributed by atoms with Gasteiger partial charge < -0.3 is 10.1 Å². The molecule has 0 aromatic rings. The van der Waals surface area contributed by atoms with E-state index in [-0.39, 0.29) is 36.5 Å². The van der Waals surface area contributed by atoms with Gasteiger partial charge in [0.15, 0.2) is 0 Å². The third-order valence-electron chi connectivity index (χ3n) is 2.81. The van der Waals surface area contributed by atoms with Gasteiger partial charge in [0.1, 0.15) is 13.2 Å². The van der Waals surface area contributed by atoms with Crippen molar-refractivity contribution in [3.63, 3.8) is 0 Å². The van der Waals surface area contributed by atoms with Crippen LogP contribution in [0.5, 0.6) is 0 Å². The first kappa shape index (κ1) is 13.1. The van der Waals surface area contributed by atoms with Crippen molar-refractivity contribution in [2.24, 2.45) is 5.41 Å². The normalized spacial score (nSPS) is 20.1. The zero-order valence-corrected chi connectivity index (χ0v) is 10.4. The number of imide groups is 1. The molecule has 1 saturated heterocycles. The largest absolute Gasteiger partial charge is 0.362 e. The second kappa shape index (κ2) is 4.93. The number of morpholine rings is 1. The summed E-state index contributed by atoms with van der Waals surface area (Å²) >= 11 is 0. The Balaban J connectivity index is 2.70. The highest BCUT2D eigenvalue weighted by Crippen LogP contribution is 2.20. The van der Waals surface area contributed by atoms with Gasteiger partial charge in [-0.25, -0.2) is 0 Å². The van der Waals surface area contributed by atoms with Crippen LogP contribution in [0.15, 0.2) is 0 Å². The van der Waals surface area contributed by atoms with Crippen molar-refractivity contribution in [2.45, 2.75) is 26.8 Å². The highest BCUT2D eigenvalue weighted by Gasteiger charge is 2.32. The number of likely N-dealkylation sites (N-methyl/N-ethyl adjacent to an activating group) is 1. The molecule has 1 N–H and O–H groups in total. The Bertz CT molecular complexity index is 267. The summed E-state index contributed by atoms with van der Waals surface area (Å²) in [5, 5.41) is 3.14. The highest BCUT2D eigenvalue weighted by atomic mass is 16.5. The van der Waals surface area contributed by atoms with Crippen LogP contribution in [0.3, 0.4) is 0 Å². The van der Waals surface area contributed by atoms with Gasteiger partial charge in [0, 0.05) is 12.6 Å². The van der Waals surface area contributed by atoms with Crippen molar-refractivity contribution in [1.29, 1.82) is 0 Å². The van der Waals surface area contributed by atoms with Gasteiger partial charge in [-0.05, 0) is 12.5 Å². The van der Waals surface area contributed by atoms with Gasteiger partial charge in [-0.15, -0.1) is 0 Å². The van der Waals surface area contributed by atoms with Crippen LogP contribution in [0.4, 0.5) is 0 Å². The van der Waals surface area contributed by atoms with Gasteiger partial charge >= 0.3 is 0 Å². The predicted molar refractivity (Wildman–Crippen MR) is 59.8 cm³/mol. The number of hydrogen-bond acceptors (Lipinski definition) is 4. The second-order valence-corrected chi connectivity index (χ2v) is 5.10. The van der Waals surface area contributed by atoms with E-state index in [2.05, 4.69) is 26.1 Å². The Labute approximate surface area is 96.1 Å². The lowest BCUT2D eigenvalue weighted by Gasteiger charge is -2.35. The summed E-state index contributed by atoms with van der Waals surface area (Å²) in [7, 11) is 1.84. The molecule has 5 nitrogen and oxygen atoms in total. The molecular formula is C11H20N2O3. The molecule has 1 heterocycles. The van der Waals surface area contributed by atoms with Crippen LogP contribution in [-0.4, -0.2) is 49.6 Å². The van der Waals surface area contributed by atoms with Crippen LogP contribution < -0.4 is 5.32 Å². The average molecular weight is 228 g/mol. The van der Waals surface area contributed by atoms with Gasteiger partial charge in [0.2, 0.25) is 0 Å². The summed E-state index contributed by atoms with van der Waals surface area (Å²) in [6.45, 7) is 6.64. The standard InChI is InChI=1S/C11H20N2O3/c1-11(2,3)8(12-4)5-13-9(14)6-16-7-10(13)15/h8,12H,5-7H2,1-4H3. The maximum absolute atomic E-state index is 11.5. The molecule has 16 heavy (non-hydrogen) atoms. The lowest BCUT2D eigenvalue weighted by atomic mass is 9.86. The molecule has 1 fully saturated rings. The minimum atomic E-state index is -0.249. The van der Waals surface area contributed by atoms with Gasteiger partial charge in [0.25, 0.3) is 11.8 Å². The number of carbonyl (C=O) groups excluding carboxylic acids is 2. The first-order valence-corrected chi connectivity index (χ1v) is 5.44. The lowest BCUT2D eigenvalue weighted by Crippen LogP contribution is -2.54. The van der Waals surface area contributed by atoms with Crippen LogP contribution in [0.1, 0.15) is 20.8 Å². The lowest BCUT2D eigenvalue weighted by molar-refractivity contribution is -0.159. The van der Waals surface area contributed by atoms with Gasteiger partial charge in [-0.3, -0.25) is 14.5 Å². The van der Waals surface area contributed by atoms with Crippen LogP contribution >= 0.6 is 0 Å². The van der Waals surface area contributed by atoms with Crippen molar-refractivity contribution in [3.05, 3.63) is 0 Å². The minimum absolute atomic E-state index is 0.00627. The van der Waals surface area contributed by atoms with E-state index in [0.29, 0.717) is 6.54 Å². The highest BCUT2D eigenvalue weighted by molar-refractivity contribution is 5.98. The Hall–Kier alpha value is -0.940. The van der Waals surface area contributed by atoms with Crippen molar-refractivity contribution in [3.8, 4) is 0 Å². The average Bonchev–Trinajstić information content (AvgIpc) is 2.15. The van der Waals surface area contributed by atoms with Gasteiger partial charge in [0.05, 0.1) is 0 Å². The molecule has 0 aromatic heterocycles. The number of ether oxygens (including phenoxy) is 1. The maximum Gasteiger partial charge on any atom is 0.255 e. The Morgan fingerprint density at radius 2 is 1.81 bits per heavy atom. The summed E-state index contributed by atoms with van der Waals surface area (Å²) in [4.78, 5) is 24.4. The second-order valence-electron chi connectivity index (χ2n) is 5.10. The van der Waals surface area contributed by atoms with Gasteiger partial charge in [-0.1, -0.05) is 20.8 Å². The molecule has 1 aliphatic rings. The zero-order chi connectivity index (χ0) is 12.3. The van der Waals surface area contributed by atoms with Crippen molar-refractivity contribution < 1.29 is 14.3 Å². The van der Waals surface area contributed by atoms with E-state index in [1.165, 1.54) is 4.90 Å². The summed E-state index contributed by atoms with van der Waals surface area (Å²) in [6.07, 6.45) is 0. The molecule has 0 saturated carbocycles. The summed E-state index contributed by atoms with van der Waals surface area (Å²) in [5.41, 5.74) is -0.00634. The van der Waals surface area contributed by atoms with Gasteiger partial charge in [-0.2, -0.15) is 0 Å². The molecule has 0 aliphatic carbocycles. The molecule has 5 heteroatoms. The monoisotopic (exact) mass is 228 g/mol. The smallest absolute Gasteiger partial charge is 0.255 e. The van der Waals surface area contributed by atoms with E-state index < -0.39 is 0 Å². The molecule has 1 atom stereocenters. The third-order valence-corrected chi connectivity index (χ3v) is 2.81. The molecule has 1 unspecified atom stereocenters. The van der Waals surface area contributed by atoms with Crippen molar-refractivity contribution in [1.82, 2.24) is 10.2 Å². The van der Waals surface area contributed by atoms with E-state index in [1.807, 2.05) is 7.05 Å². The minimum Gasteiger partial charge on any atom is -0.362 e. The number of carbonyl (C=O) groups is 2. The van der Waals surface area contributed by atoms with Crippen molar-refractivity contribution in [2.75, 3.05) is 26.8 Å². The zero-order valence-electron chi connectivity index (χ0n) is 10.4. The number of amides is 2. The maximum atomic E-state index is 11.5. The van der Waals surface area contributed by atoms with Crippen LogP contribution in [-0.2, 0) is 14.3 Å². The molecule has 2 amide bonds. The van der Waals surface area contributed by atoms with E-state index >= 15 is 0 Å². The summed E-state index contributed by atoms with van der Waals surface area (Å²) in [6, 6.07) is 0.0819. The van der Waals surface area contributed by atoms with Crippen LogP contribution in [0.25, 0.3) is 0 Å². The van der Waals surface area contributed by atoms with E-state index in [4.69, 9.17) is 4.74 Å². The van der Waals surface area contributed by atoms with Crippen molar-refractivity contribution >= 4 is 11.8 Å². The van der Waals surface area contributed by atoms with Crippen LogP contribution in [0.2, 0.25) is 0 Å². The number of hydrogen-bond donors (Lipinski definition) is 1. The number of rotatable bonds is 3. The van der Waals surface area contributed by atoms with E-state index in [9.17, 15) is 9.59 Å². The third kappa shape index (κ3) is 3.02. The van der Waals surface area contributed by atoms with E-state index in [1.54, 1.807) is 0 Å². The topological polar surface area (TPSA) is 58.6 Å². The van der Waals surface area contributed by atoms with E-state index in [0.717, 1.165) is 0 Å². The summed E-state index contributed by atoms with van der Waals surface area (Å²) < 4.78 is 4.86. The molecule has 0 radical (unpaired) electrons. The molecule has 1 rings (SSSR count). The fourth-order valence-electron chi connectivity index (χ4n) is 1.70. The number of nitrogens with zero attached hydrogens (tertiary/aromatic N) is 1. The van der Waals surface area contributed by atoms with Crippen LogP contribution in [0, 0.1) is 5.41 Å². The molecule has 0 spiro atoms. The molecule has 0 aromatic carbocycles. The fraction of sp³-hybridized carbons (Fsp3) is 0.818. The molecular weight excluding hydrogens is 208 g/mol. The first-order chi connectivity index (χ1) is 7.36.